The fourth-order valence-electron chi connectivity index (χ4n) is 2.58. The van der Waals surface area contributed by atoms with Gasteiger partial charge in [0.25, 0.3) is 5.91 Å². The summed E-state index contributed by atoms with van der Waals surface area (Å²) in [7, 11) is 0. The summed E-state index contributed by atoms with van der Waals surface area (Å²) >= 11 is 0. The Labute approximate surface area is 142 Å². The van der Waals surface area contributed by atoms with Crippen LogP contribution in [0.15, 0.2) is 72.9 Å². The van der Waals surface area contributed by atoms with E-state index in [1.165, 1.54) is 24.3 Å². The number of benzene rings is 2. The van der Waals surface area contributed by atoms with Gasteiger partial charge in [0.2, 0.25) is 0 Å². The molecule has 0 aliphatic rings. The van der Waals surface area contributed by atoms with Crippen LogP contribution in [0.5, 0.6) is 0 Å². The van der Waals surface area contributed by atoms with Gasteiger partial charge in [-0.2, -0.15) is 0 Å². The summed E-state index contributed by atoms with van der Waals surface area (Å²) in [5, 5.41) is 11.2. The minimum Gasteiger partial charge on any atom is -0.322 e. The maximum atomic E-state index is 13.0. The van der Waals surface area contributed by atoms with Gasteiger partial charge in [-0.05, 0) is 48.5 Å². The molecule has 5 nitrogen and oxygen atoms in total. The highest BCUT2D eigenvalue weighted by Gasteiger charge is 2.10. The third-order valence-corrected chi connectivity index (χ3v) is 3.80. The Balaban J connectivity index is 1.63. The van der Waals surface area contributed by atoms with E-state index >= 15 is 0 Å². The lowest BCUT2D eigenvalue weighted by Crippen LogP contribution is -2.11. The molecular formula is C19H13FN4O. The molecular weight excluding hydrogens is 319 g/mol. The van der Waals surface area contributed by atoms with Crippen LogP contribution in [0.1, 0.15) is 10.4 Å². The van der Waals surface area contributed by atoms with E-state index in [0.717, 1.165) is 11.2 Å². The number of hydrogen-bond acceptors (Lipinski definition) is 3. The summed E-state index contributed by atoms with van der Waals surface area (Å²) < 4.78 is 14.8. The molecule has 0 radical (unpaired) electrons. The van der Waals surface area contributed by atoms with Crippen molar-refractivity contribution in [2.24, 2.45) is 0 Å². The second kappa shape index (κ2) is 6.16. The number of pyridine rings is 1. The molecule has 0 bridgehead atoms. The van der Waals surface area contributed by atoms with Crippen molar-refractivity contribution in [1.29, 1.82) is 0 Å². The molecule has 0 aliphatic heterocycles. The zero-order valence-electron chi connectivity index (χ0n) is 13.1. The third-order valence-electron chi connectivity index (χ3n) is 3.80. The number of amides is 1. The molecule has 0 aliphatic carbocycles. The van der Waals surface area contributed by atoms with Crippen LogP contribution in [0.3, 0.4) is 0 Å². The summed E-state index contributed by atoms with van der Waals surface area (Å²) in [6.07, 6.45) is 1.88. The van der Waals surface area contributed by atoms with Crippen molar-refractivity contribution in [2.45, 2.75) is 0 Å². The fraction of sp³-hybridized carbons (Fsp3) is 0. The van der Waals surface area contributed by atoms with Gasteiger partial charge in [-0.1, -0.05) is 18.2 Å². The molecule has 0 unspecified atom stereocenters. The number of halogens is 1. The smallest absolute Gasteiger partial charge is 0.255 e. The van der Waals surface area contributed by atoms with E-state index in [0.29, 0.717) is 17.1 Å². The summed E-state index contributed by atoms with van der Waals surface area (Å²) in [5.41, 5.74) is 2.59. The van der Waals surface area contributed by atoms with Crippen LogP contribution in [0.4, 0.5) is 10.1 Å². The molecule has 0 saturated carbocycles. The molecule has 0 atom stereocenters. The predicted molar refractivity (Wildman–Crippen MR) is 92.8 cm³/mol. The van der Waals surface area contributed by atoms with E-state index in [2.05, 4.69) is 15.5 Å². The Bertz CT molecular complexity index is 1060. The van der Waals surface area contributed by atoms with Crippen LogP contribution in [0, 0.1) is 5.82 Å². The molecule has 122 valence electrons. The second-order valence-electron chi connectivity index (χ2n) is 5.49. The predicted octanol–water partition coefficient (Wildman–Crippen LogP) is 3.79. The van der Waals surface area contributed by atoms with Crippen molar-refractivity contribution < 1.29 is 9.18 Å². The van der Waals surface area contributed by atoms with E-state index in [4.69, 9.17) is 0 Å². The van der Waals surface area contributed by atoms with Gasteiger partial charge >= 0.3 is 0 Å². The van der Waals surface area contributed by atoms with Crippen LogP contribution in [-0.4, -0.2) is 20.5 Å². The molecule has 2 heterocycles. The van der Waals surface area contributed by atoms with Crippen molar-refractivity contribution in [2.75, 3.05) is 5.32 Å². The molecule has 25 heavy (non-hydrogen) atoms. The van der Waals surface area contributed by atoms with Crippen molar-refractivity contribution >= 4 is 17.2 Å². The van der Waals surface area contributed by atoms with Crippen LogP contribution in [0.2, 0.25) is 0 Å². The second-order valence-corrected chi connectivity index (χ2v) is 5.49. The Kier molecular flexibility index (Phi) is 3.70. The molecule has 1 N–H and O–H groups in total. The first kappa shape index (κ1) is 15.0. The monoisotopic (exact) mass is 332 g/mol. The molecule has 4 rings (SSSR count). The standard InChI is InChI=1S/C19H13FN4O/c20-15-9-7-13(8-10-15)19(25)21-16-5-3-4-14(12-16)18-23-22-17-6-1-2-11-24(17)18/h1-12H,(H,21,25). The van der Waals surface area contributed by atoms with Gasteiger partial charge in [-0.15, -0.1) is 10.2 Å². The number of anilines is 1. The Morgan fingerprint density at radius 1 is 0.960 bits per heavy atom. The maximum Gasteiger partial charge on any atom is 0.255 e. The van der Waals surface area contributed by atoms with Crippen LogP contribution >= 0.6 is 0 Å². The molecule has 0 saturated heterocycles. The zero-order chi connectivity index (χ0) is 17.2. The van der Waals surface area contributed by atoms with E-state index in [1.807, 2.05) is 47.0 Å². The summed E-state index contributed by atoms with van der Waals surface area (Å²) in [6.45, 7) is 0. The van der Waals surface area contributed by atoms with Gasteiger partial charge in [0.1, 0.15) is 5.82 Å². The fourth-order valence-corrected chi connectivity index (χ4v) is 2.58. The van der Waals surface area contributed by atoms with E-state index in [-0.39, 0.29) is 11.7 Å². The lowest BCUT2D eigenvalue weighted by molar-refractivity contribution is 0.102. The summed E-state index contributed by atoms with van der Waals surface area (Å²) in [4.78, 5) is 12.3. The third kappa shape index (κ3) is 2.97. The Morgan fingerprint density at radius 3 is 2.64 bits per heavy atom. The summed E-state index contributed by atoms with van der Waals surface area (Å²) in [5.74, 6) is 0.00830. The van der Waals surface area contributed by atoms with E-state index in [9.17, 15) is 9.18 Å². The number of aromatic nitrogens is 3. The number of hydrogen-bond donors (Lipinski definition) is 1. The van der Waals surface area contributed by atoms with E-state index < -0.39 is 0 Å². The van der Waals surface area contributed by atoms with Crippen LogP contribution < -0.4 is 5.32 Å². The zero-order valence-corrected chi connectivity index (χ0v) is 13.1. The van der Waals surface area contributed by atoms with Crippen molar-refractivity contribution in [3.05, 3.63) is 84.3 Å². The molecule has 2 aromatic carbocycles. The average molecular weight is 332 g/mol. The normalized spacial score (nSPS) is 10.8. The summed E-state index contributed by atoms with van der Waals surface area (Å²) in [6, 6.07) is 18.4. The van der Waals surface area contributed by atoms with E-state index in [1.54, 1.807) is 6.07 Å². The number of nitrogens with zero attached hydrogens (tertiary/aromatic N) is 3. The largest absolute Gasteiger partial charge is 0.322 e. The minimum atomic E-state index is -0.378. The first-order valence-corrected chi connectivity index (χ1v) is 7.68. The number of fused-ring (bicyclic) bond motifs is 1. The number of carbonyl (C=O) groups excluding carboxylic acids is 1. The number of rotatable bonds is 3. The lowest BCUT2D eigenvalue weighted by atomic mass is 10.1. The molecule has 4 aromatic rings. The highest BCUT2D eigenvalue weighted by Crippen LogP contribution is 2.22. The van der Waals surface area contributed by atoms with Crippen molar-refractivity contribution in [1.82, 2.24) is 14.6 Å². The van der Waals surface area contributed by atoms with Gasteiger partial charge in [0.05, 0.1) is 0 Å². The molecule has 0 spiro atoms. The van der Waals surface area contributed by atoms with Gasteiger partial charge in [-0.3, -0.25) is 9.20 Å². The lowest BCUT2D eigenvalue weighted by Gasteiger charge is -2.07. The van der Waals surface area contributed by atoms with Crippen molar-refractivity contribution in [3.63, 3.8) is 0 Å². The Morgan fingerprint density at radius 2 is 1.80 bits per heavy atom. The highest BCUT2D eigenvalue weighted by atomic mass is 19.1. The topological polar surface area (TPSA) is 59.3 Å². The van der Waals surface area contributed by atoms with Gasteiger partial charge < -0.3 is 5.32 Å². The number of carbonyl (C=O) groups is 1. The van der Waals surface area contributed by atoms with Crippen LogP contribution in [-0.2, 0) is 0 Å². The highest BCUT2D eigenvalue weighted by molar-refractivity contribution is 6.04. The molecule has 1 amide bonds. The molecule has 0 fully saturated rings. The average Bonchev–Trinajstić information content (AvgIpc) is 3.06. The minimum absolute atomic E-state index is 0.303. The first-order valence-electron chi connectivity index (χ1n) is 7.68. The van der Waals surface area contributed by atoms with Crippen molar-refractivity contribution in [3.8, 4) is 11.4 Å². The SMILES string of the molecule is O=C(Nc1cccc(-c2nnc3ccccn23)c1)c1ccc(F)cc1. The Hall–Kier alpha value is -3.54. The molecule has 6 heteroatoms. The van der Waals surface area contributed by atoms with Gasteiger partial charge in [0.15, 0.2) is 11.5 Å². The van der Waals surface area contributed by atoms with Crippen LogP contribution in [0.25, 0.3) is 17.0 Å². The van der Waals surface area contributed by atoms with Gasteiger partial charge in [0, 0.05) is 23.0 Å². The number of nitrogens with one attached hydrogen (secondary N) is 1. The van der Waals surface area contributed by atoms with Gasteiger partial charge in [-0.25, -0.2) is 4.39 Å². The first-order chi connectivity index (χ1) is 12.2. The molecule has 2 aromatic heterocycles. The maximum absolute atomic E-state index is 13.0. The quantitative estimate of drug-likeness (QED) is 0.621.